The van der Waals surface area contributed by atoms with Crippen LogP contribution in [0.1, 0.15) is 27.2 Å². The molecule has 2 aromatic rings. The van der Waals surface area contributed by atoms with Crippen LogP contribution in [0.4, 0.5) is 4.79 Å². The quantitative estimate of drug-likeness (QED) is 0.376. The van der Waals surface area contributed by atoms with Crippen molar-refractivity contribution >= 4 is 34.6 Å². The second-order valence-electron chi connectivity index (χ2n) is 6.03. The van der Waals surface area contributed by atoms with Gasteiger partial charge in [-0.3, -0.25) is 19.5 Å². The number of carbonyl (C=O) groups excluding carboxylic acids is 2. The number of rotatable bonds is 9. The fourth-order valence-corrected chi connectivity index (χ4v) is 3.47. The predicted molar refractivity (Wildman–Crippen MR) is 110 cm³/mol. The van der Waals surface area contributed by atoms with E-state index in [0.29, 0.717) is 48.8 Å². The summed E-state index contributed by atoms with van der Waals surface area (Å²) in [5.74, 6) is -0.445. The maximum absolute atomic E-state index is 12.9. The lowest BCUT2D eigenvalue weighted by Gasteiger charge is -2.16. The summed E-state index contributed by atoms with van der Waals surface area (Å²) < 4.78 is 6.93. The molecule has 0 fully saturated rings. The summed E-state index contributed by atoms with van der Waals surface area (Å²) >= 11 is 1.15. The first-order valence-electron chi connectivity index (χ1n) is 9.30. The highest BCUT2D eigenvalue weighted by Gasteiger charge is 2.20. The largest absolute Gasteiger partial charge is 0.382 e. The third-order valence-corrected chi connectivity index (χ3v) is 5.02. The molecule has 0 aliphatic carbocycles. The highest BCUT2D eigenvalue weighted by atomic mass is 32.2. The van der Waals surface area contributed by atoms with Gasteiger partial charge in [-0.1, -0.05) is 23.9 Å². The maximum Gasteiger partial charge on any atom is 0.321 e. The number of urea groups is 1. The second-order valence-corrected chi connectivity index (χ2v) is 7.34. The minimum absolute atomic E-state index is 0.152. The molecular formula is C19H26N4O4S. The lowest BCUT2D eigenvalue weighted by atomic mass is 10.2. The lowest BCUT2D eigenvalue weighted by Crippen LogP contribution is -2.42. The Balaban J connectivity index is 2.26. The van der Waals surface area contributed by atoms with Gasteiger partial charge in [-0.05, 0) is 39.3 Å². The molecule has 1 aromatic carbocycles. The van der Waals surface area contributed by atoms with Crippen LogP contribution in [-0.4, -0.2) is 46.5 Å². The molecule has 8 nitrogen and oxygen atoms in total. The van der Waals surface area contributed by atoms with Gasteiger partial charge in [-0.2, -0.15) is 0 Å². The van der Waals surface area contributed by atoms with Crippen molar-refractivity contribution in [2.24, 2.45) is 0 Å². The maximum atomic E-state index is 12.9. The Hall–Kier alpha value is -2.39. The van der Waals surface area contributed by atoms with E-state index in [9.17, 15) is 14.4 Å². The number of benzene rings is 1. The Labute approximate surface area is 168 Å². The second kappa shape index (κ2) is 10.8. The van der Waals surface area contributed by atoms with Crippen LogP contribution in [-0.2, 0) is 16.1 Å². The number of nitrogens with one attached hydrogen (secondary N) is 2. The Bertz CT molecular complexity index is 884. The van der Waals surface area contributed by atoms with Crippen LogP contribution in [0.25, 0.3) is 10.9 Å². The lowest BCUT2D eigenvalue weighted by molar-refractivity contribution is -0.119. The minimum atomic E-state index is -0.603. The molecule has 28 heavy (non-hydrogen) atoms. The average molecular weight is 407 g/mol. The van der Waals surface area contributed by atoms with Crippen LogP contribution in [0.3, 0.4) is 0 Å². The molecule has 0 bridgehead atoms. The molecule has 2 N–H and O–H groups in total. The number of hydrogen-bond acceptors (Lipinski definition) is 6. The molecule has 1 aromatic heterocycles. The number of para-hydroxylation sites is 1. The van der Waals surface area contributed by atoms with Crippen LogP contribution in [0.2, 0.25) is 0 Å². The molecule has 0 unspecified atom stereocenters. The topological polar surface area (TPSA) is 102 Å². The molecular weight excluding hydrogens is 380 g/mol. The van der Waals surface area contributed by atoms with Gasteiger partial charge in [0.15, 0.2) is 5.16 Å². The van der Waals surface area contributed by atoms with E-state index >= 15 is 0 Å². The van der Waals surface area contributed by atoms with E-state index < -0.39 is 17.2 Å². The minimum Gasteiger partial charge on any atom is -0.382 e. The molecule has 3 amide bonds. The number of ether oxygens (including phenoxy) is 1. The summed E-state index contributed by atoms with van der Waals surface area (Å²) in [6, 6.07) is 6.58. The van der Waals surface area contributed by atoms with Crippen molar-refractivity contribution < 1.29 is 14.3 Å². The molecule has 0 saturated carbocycles. The first-order valence-corrected chi connectivity index (χ1v) is 10.2. The molecule has 0 saturated heterocycles. The van der Waals surface area contributed by atoms with Gasteiger partial charge in [-0.25, -0.2) is 9.78 Å². The summed E-state index contributed by atoms with van der Waals surface area (Å²) in [6.45, 7) is 7.36. The fraction of sp³-hybridized carbons (Fsp3) is 0.474. The molecule has 0 aliphatic heterocycles. The van der Waals surface area contributed by atoms with Gasteiger partial charge in [0.1, 0.15) is 0 Å². The van der Waals surface area contributed by atoms with Crippen molar-refractivity contribution in [2.75, 3.05) is 19.8 Å². The highest BCUT2D eigenvalue weighted by Crippen LogP contribution is 2.23. The van der Waals surface area contributed by atoms with E-state index in [0.717, 1.165) is 11.8 Å². The van der Waals surface area contributed by atoms with Crippen LogP contribution in [0, 0.1) is 0 Å². The molecule has 0 radical (unpaired) electrons. The summed E-state index contributed by atoms with van der Waals surface area (Å²) in [7, 11) is 0. The van der Waals surface area contributed by atoms with Crippen molar-refractivity contribution in [3.8, 4) is 0 Å². The van der Waals surface area contributed by atoms with Gasteiger partial charge in [0.05, 0.1) is 16.2 Å². The van der Waals surface area contributed by atoms with Crippen molar-refractivity contribution in [1.82, 2.24) is 20.2 Å². The summed E-state index contributed by atoms with van der Waals surface area (Å²) in [4.78, 5) is 41.3. The van der Waals surface area contributed by atoms with Crippen molar-refractivity contribution in [3.05, 3.63) is 34.6 Å². The van der Waals surface area contributed by atoms with Gasteiger partial charge < -0.3 is 10.1 Å². The Morgan fingerprint density at radius 3 is 2.75 bits per heavy atom. The van der Waals surface area contributed by atoms with Crippen molar-refractivity contribution in [2.45, 2.75) is 44.1 Å². The van der Waals surface area contributed by atoms with E-state index in [1.54, 1.807) is 36.6 Å². The standard InChI is InChI=1S/C19H26N4O4S/c1-4-20-18(26)22-16(24)13(3)28-19-21-15-10-7-6-9-14(15)17(25)23(19)11-8-12-27-5-2/h6-7,9-10,13H,4-5,8,11-12H2,1-3H3,(H2,20,22,24,26)/t13-/m0/s1. The zero-order valence-corrected chi connectivity index (χ0v) is 17.2. The number of carbonyl (C=O) groups is 2. The predicted octanol–water partition coefficient (Wildman–Crippen LogP) is 2.15. The zero-order valence-electron chi connectivity index (χ0n) is 16.4. The third-order valence-electron chi connectivity index (χ3n) is 3.93. The normalized spacial score (nSPS) is 12.0. The number of thioether (sulfide) groups is 1. The van der Waals surface area contributed by atoms with Gasteiger partial charge in [-0.15, -0.1) is 0 Å². The van der Waals surface area contributed by atoms with Crippen LogP contribution >= 0.6 is 11.8 Å². The Morgan fingerprint density at radius 2 is 2.04 bits per heavy atom. The number of hydrogen-bond donors (Lipinski definition) is 2. The molecule has 9 heteroatoms. The number of fused-ring (bicyclic) bond motifs is 1. The SMILES string of the molecule is CCNC(=O)NC(=O)[C@H](C)Sc1nc2ccccc2c(=O)n1CCCOCC. The van der Waals surface area contributed by atoms with Gasteiger partial charge in [0.2, 0.25) is 5.91 Å². The van der Waals surface area contributed by atoms with Crippen LogP contribution in [0.5, 0.6) is 0 Å². The number of nitrogens with zero attached hydrogens (tertiary/aromatic N) is 2. The number of aromatic nitrogens is 2. The van der Waals surface area contributed by atoms with Crippen molar-refractivity contribution in [1.29, 1.82) is 0 Å². The van der Waals surface area contributed by atoms with Gasteiger partial charge >= 0.3 is 6.03 Å². The molecule has 0 spiro atoms. The number of imide groups is 1. The van der Waals surface area contributed by atoms with E-state index in [2.05, 4.69) is 15.6 Å². The summed E-state index contributed by atoms with van der Waals surface area (Å²) in [5, 5.41) is 5.17. The Kier molecular flexibility index (Phi) is 8.46. The van der Waals surface area contributed by atoms with E-state index in [1.165, 1.54) is 0 Å². The van der Waals surface area contributed by atoms with Gasteiger partial charge in [0, 0.05) is 26.3 Å². The molecule has 0 aliphatic rings. The van der Waals surface area contributed by atoms with Gasteiger partial charge in [0.25, 0.3) is 5.56 Å². The molecule has 2 rings (SSSR count). The van der Waals surface area contributed by atoms with Crippen molar-refractivity contribution in [3.63, 3.8) is 0 Å². The smallest absolute Gasteiger partial charge is 0.321 e. The fourth-order valence-electron chi connectivity index (χ4n) is 2.53. The van der Waals surface area contributed by atoms with E-state index in [-0.39, 0.29) is 5.56 Å². The molecule has 1 atom stereocenters. The Morgan fingerprint density at radius 1 is 1.29 bits per heavy atom. The number of amides is 3. The van der Waals surface area contributed by atoms with Crippen LogP contribution in [0.15, 0.2) is 34.2 Å². The summed E-state index contributed by atoms with van der Waals surface area (Å²) in [6.07, 6.45) is 0.654. The third kappa shape index (κ3) is 5.80. The molecule has 152 valence electrons. The zero-order chi connectivity index (χ0) is 20.5. The molecule has 1 heterocycles. The average Bonchev–Trinajstić information content (AvgIpc) is 2.67. The van der Waals surface area contributed by atoms with Crippen LogP contribution < -0.4 is 16.2 Å². The summed E-state index contributed by atoms with van der Waals surface area (Å²) in [5.41, 5.74) is 0.424. The first-order chi connectivity index (χ1) is 13.5. The van der Waals surface area contributed by atoms with E-state index in [4.69, 9.17) is 4.74 Å². The monoisotopic (exact) mass is 406 g/mol. The van der Waals surface area contributed by atoms with E-state index in [1.807, 2.05) is 13.0 Å². The first kappa shape index (κ1) is 21.9. The highest BCUT2D eigenvalue weighted by molar-refractivity contribution is 8.00.